The molecule has 0 atom stereocenters. The molecule has 1 aromatic carbocycles. The van der Waals surface area contributed by atoms with Gasteiger partial charge in [0.2, 0.25) is 0 Å². The van der Waals surface area contributed by atoms with Crippen LogP contribution in [0.25, 0.3) is 0 Å². The number of nitrogens with zero attached hydrogens (tertiary/aromatic N) is 2. The highest BCUT2D eigenvalue weighted by Gasteiger charge is 2.08. The molecule has 1 amide bonds. The second-order valence-electron chi connectivity index (χ2n) is 5.27. The van der Waals surface area contributed by atoms with Crippen LogP contribution in [0.5, 0.6) is 5.75 Å². The van der Waals surface area contributed by atoms with Crippen molar-refractivity contribution < 1.29 is 13.9 Å². The molecule has 0 saturated heterocycles. The summed E-state index contributed by atoms with van der Waals surface area (Å²) in [4.78, 5) is 12.0. The number of ether oxygens (including phenoxy) is 1. The molecule has 0 bridgehead atoms. The van der Waals surface area contributed by atoms with Gasteiger partial charge in [0.05, 0.1) is 19.9 Å². The van der Waals surface area contributed by atoms with Crippen LogP contribution in [0, 0.1) is 0 Å². The van der Waals surface area contributed by atoms with Gasteiger partial charge < -0.3 is 19.8 Å². The Kier molecular flexibility index (Phi) is 5.26. The zero-order chi connectivity index (χ0) is 17.5. The van der Waals surface area contributed by atoms with Crippen molar-refractivity contribution >= 4 is 11.7 Å². The van der Waals surface area contributed by atoms with Gasteiger partial charge in [-0.1, -0.05) is 12.1 Å². The molecule has 0 fully saturated rings. The molecule has 0 radical (unpaired) electrons. The van der Waals surface area contributed by atoms with Crippen molar-refractivity contribution in [2.24, 2.45) is 0 Å². The maximum atomic E-state index is 12.0. The smallest absolute Gasteiger partial charge is 0.272 e. The lowest BCUT2D eigenvalue weighted by atomic mass is 10.2. The highest BCUT2D eigenvalue weighted by Crippen LogP contribution is 2.12. The summed E-state index contributed by atoms with van der Waals surface area (Å²) >= 11 is 0. The lowest BCUT2D eigenvalue weighted by Gasteiger charge is -2.07. The fourth-order valence-corrected chi connectivity index (χ4v) is 2.15. The third-order valence-electron chi connectivity index (χ3n) is 3.53. The molecular weight excluding hydrogens is 320 g/mol. The maximum Gasteiger partial charge on any atom is 0.272 e. The summed E-state index contributed by atoms with van der Waals surface area (Å²) in [7, 11) is 1.63. The topological polar surface area (TPSA) is 89.3 Å². The number of amides is 1. The predicted molar refractivity (Wildman–Crippen MR) is 92.2 cm³/mol. The van der Waals surface area contributed by atoms with E-state index in [4.69, 9.17) is 9.15 Å². The molecule has 0 aliphatic carbocycles. The van der Waals surface area contributed by atoms with Gasteiger partial charge in [0.25, 0.3) is 5.91 Å². The van der Waals surface area contributed by atoms with Gasteiger partial charge in [-0.3, -0.25) is 4.79 Å². The van der Waals surface area contributed by atoms with Crippen molar-refractivity contribution in [2.45, 2.75) is 13.1 Å². The van der Waals surface area contributed by atoms with Crippen molar-refractivity contribution in [1.29, 1.82) is 0 Å². The average Bonchev–Trinajstić information content (AvgIpc) is 3.19. The number of nitrogens with one attached hydrogen (secondary N) is 2. The first-order valence-electron chi connectivity index (χ1n) is 7.76. The van der Waals surface area contributed by atoms with Crippen LogP contribution in [-0.4, -0.2) is 23.2 Å². The fraction of sp³-hybridized carbons (Fsp3) is 0.167. The van der Waals surface area contributed by atoms with E-state index < -0.39 is 0 Å². The molecule has 2 heterocycles. The molecule has 0 aliphatic heterocycles. The van der Waals surface area contributed by atoms with Crippen LogP contribution >= 0.6 is 0 Å². The van der Waals surface area contributed by atoms with E-state index in [2.05, 4.69) is 20.8 Å². The number of furan rings is 1. The van der Waals surface area contributed by atoms with Crippen molar-refractivity contribution in [3.63, 3.8) is 0 Å². The van der Waals surface area contributed by atoms with E-state index in [-0.39, 0.29) is 11.6 Å². The van der Waals surface area contributed by atoms with Crippen LogP contribution in [0.3, 0.4) is 0 Å². The Balaban J connectivity index is 1.51. The summed E-state index contributed by atoms with van der Waals surface area (Å²) in [5, 5.41) is 13.8. The maximum absolute atomic E-state index is 12.0. The molecule has 2 aromatic heterocycles. The highest BCUT2D eigenvalue weighted by atomic mass is 16.5. The van der Waals surface area contributed by atoms with Gasteiger partial charge >= 0.3 is 0 Å². The molecule has 0 unspecified atom stereocenters. The summed E-state index contributed by atoms with van der Waals surface area (Å²) in [6.45, 7) is 0.910. The van der Waals surface area contributed by atoms with E-state index in [0.717, 1.165) is 11.3 Å². The largest absolute Gasteiger partial charge is 0.497 e. The first kappa shape index (κ1) is 16.5. The van der Waals surface area contributed by atoms with Gasteiger partial charge in [-0.25, -0.2) is 0 Å². The summed E-state index contributed by atoms with van der Waals surface area (Å²) in [5.41, 5.74) is 1.34. The number of hydrogen-bond donors (Lipinski definition) is 2. The third-order valence-corrected chi connectivity index (χ3v) is 3.53. The minimum absolute atomic E-state index is 0.251. The number of anilines is 1. The lowest BCUT2D eigenvalue weighted by Crippen LogP contribution is -2.24. The van der Waals surface area contributed by atoms with Gasteiger partial charge in [-0.2, -0.15) is 0 Å². The number of aromatic nitrogens is 2. The van der Waals surface area contributed by atoms with Crippen LogP contribution in [0.1, 0.15) is 21.8 Å². The molecule has 25 heavy (non-hydrogen) atoms. The summed E-state index contributed by atoms with van der Waals surface area (Å²) < 4.78 is 10.3. The average molecular weight is 338 g/mol. The minimum Gasteiger partial charge on any atom is -0.497 e. The number of methoxy groups -OCH3 is 1. The van der Waals surface area contributed by atoms with Crippen LogP contribution < -0.4 is 15.4 Å². The molecule has 0 spiro atoms. The third kappa shape index (κ3) is 4.57. The molecule has 2 N–H and O–H groups in total. The van der Waals surface area contributed by atoms with Gasteiger partial charge in [0.15, 0.2) is 5.69 Å². The van der Waals surface area contributed by atoms with Crippen molar-refractivity contribution in [2.75, 3.05) is 12.4 Å². The Morgan fingerprint density at radius 2 is 1.92 bits per heavy atom. The van der Waals surface area contributed by atoms with Crippen LogP contribution in [0.15, 0.2) is 59.2 Å². The van der Waals surface area contributed by atoms with Gasteiger partial charge in [-0.05, 0) is 42.0 Å². The van der Waals surface area contributed by atoms with E-state index in [1.54, 1.807) is 37.6 Å². The van der Waals surface area contributed by atoms with Crippen molar-refractivity contribution in [3.8, 4) is 5.75 Å². The zero-order valence-corrected chi connectivity index (χ0v) is 13.7. The van der Waals surface area contributed by atoms with Crippen LogP contribution in [0.2, 0.25) is 0 Å². The number of carbonyl (C=O) groups is 1. The number of carbonyl (C=O) groups excluding carboxylic acids is 1. The molecule has 3 aromatic rings. The number of hydrogen-bond acceptors (Lipinski definition) is 6. The molecule has 128 valence electrons. The Hall–Kier alpha value is -3.35. The number of benzene rings is 1. The molecule has 3 rings (SSSR count). The highest BCUT2D eigenvalue weighted by molar-refractivity contribution is 5.92. The Morgan fingerprint density at radius 3 is 2.56 bits per heavy atom. The van der Waals surface area contributed by atoms with Crippen molar-refractivity contribution in [1.82, 2.24) is 15.5 Å². The normalized spacial score (nSPS) is 10.3. The molecule has 7 nitrogen and oxygen atoms in total. The lowest BCUT2D eigenvalue weighted by molar-refractivity contribution is 0.0942. The first-order chi connectivity index (χ1) is 12.2. The van der Waals surface area contributed by atoms with E-state index in [9.17, 15) is 4.79 Å². The SMILES string of the molecule is COc1ccc(CNc2ccc(C(=O)NCc3ccco3)nn2)cc1. The summed E-state index contributed by atoms with van der Waals surface area (Å²) in [5.74, 6) is 1.79. The Bertz CT molecular complexity index is 799. The summed E-state index contributed by atoms with van der Waals surface area (Å²) in [6.07, 6.45) is 1.56. The Morgan fingerprint density at radius 1 is 1.08 bits per heavy atom. The van der Waals surface area contributed by atoms with Crippen LogP contribution in [-0.2, 0) is 13.1 Å². The van der Waals surface area contributed by atoms with E-state index >= 15 is 0 Å². The summed E-state index contributed by atoms with van der Waals surface area (Å²) in [6, 6.07) is 14.6. The number of rotatable bonds is 7. The van der Waals surface area contributed by atoms with Gasteiger partial charge in [-0.15, -0.1) is 10.2 Å². The second kappa shape index (κ2) is 7.96. The second-order valence-corrected chi connectivity index (χ2v) is 5.27. The van der Waals surface area contributed by atoms with Crippen LogP contribution in [0.4, 0.5) is 5.82 Å². The van der Waals surface area contributed by atoms with E-state index in [1.165, 1.54) is 0 Å². The molecule has 0 saturated carbocycles. The molecular formula is C18H18N4O3. The standard InChI is InChI=1S/C18H18N4O3/c1-24-14-6-4-13(5-7-14)11-19-17-9-8-16(21-22-17)18(23)20-12-15-3-2-10-25-15/h2-10H,11-12H2,1H3,(H,19,22)(H,20,23). The monoisotopic (exact) mass is 338 g/mol. The first-order valence-corrected chi connectivity index (χ1v) is 7.76. The van der Waals surface area contributed by atoms with Gasteiger partial charge in [0.1, 0.15) is 17.3 Å². The zero-order valence-electron chi connectivity index (χ0n) is 13.7. The van der Waals surface area contributed by atoms with E-state index in [0.29, 0.717) is 24.7 Å². The van der Waals surface area contributed by atoms with Crippen molar-refractivity contribution in [3.05, 3.63) is 71.8 Å². The Labute approximate surface area is 145 Å². The quantitative estimate of drug-likeness (QED) is 0.688. The van der Waals surface area contributed by atoms with E-state index in [1.807, 2.05) is 24.3 Å². The molecule has 0 aliphatic rings. The van der Waals surface area contributed by atoms with Gasteiger partial charge in [0, 0.05) is 6.54 Å². The minimum atomic E-state index is -0.300. The fourth-order valence-electron chi connectivity index (χ4n) is 2.15. The predicted octanol–water partition coefficient (Wildman–Crippen LogP) is 2.62. The molecule has 7 heteroatoms.